The Morgan fingerprint density at radius 1 is 0.759 bits per heavy atom. The number of likely N-dealkylation sites (tertiary alicyclic amines) is 1. The summed E-state index contributed by atoms with van der Waals surface area (Å²) in [5.41, 5.74) is 8.88. The molecule has 0 unspecified atom stereocenters. The Morgan fingerprint density at radius 3 is 2.05 bits per heavy atom. The van der Waals surface area contributed by atoms with E-state index in [0.29, 0.717) is 72.3 Å². The quantitative estimate of drug-likeness (QED) is 0.0123. The molecule has 4 amide bonds. The van der Waals surface area contributed by atoms with Gasteiger partial charge in [-0.25, -0.2) is 10.4 Å². The first-order valence-corrected chi connectivity index (χ1v) is 28.8. The van der Waals surface area contributed by atoms with Crippen LogP contribution in [0.15, 0.2) is 126 Å². The Morgan fingerprint density at radius 2 is 1.39 bits per heavy atom. The summed E-state index contributed by atoms with van der Waals surface area (Å²) in [7, 11) is 0. The molecule has 6 N–H and O–H groups in total. The number of aromatic hydroxyl groups is 2. The van der Waals surface area contributed by atoms with Gasteiger partial charge in [-0.1, -0.05) is 57.2 Å². The van der Waals surface area contributed by atoms with Crippen molar-refractivity contribution in [2.24, 2.45) is 10.5 Å². The maximum absolute atomic E-state index is 14.1. The topological polar surface area (TPSA) is 257 Å². The molecular formula is C62H68N6O13S2. The van der Waals surface area contributed by atoms with Gasteiger partial charge in [0.15, 0.2) is 5.78 Å². The molecule has 5 aromatic carbocycles. The molecule has 3 heterocycles. The van der Waals surface area contributed by atoms with Crippen LogP contribution in [-0.4, -0.2) is 145 Å². The first-order chi connectivity index (χ1) is 39.9. The molecule has 8 rings (SSSR count). The average Bonchev–Trinajstić information content (AvgIpc) is 4.05. The number of carbonyl (C=O) groups excluding carboxylic acids is 5. The second-order valence-corrected chi connectivity index (χ2v) is 22.7. The monoisotopic (exact) mass is 1170 g/mol. The van der Waals surface area contributed by atoms with Crippen molar-refractivity contribution in [2.45, 2.75) is 65.3 Å². The number of thiophene rings is 1. The minimum absolute atomic E-state index is 0.0372. The number of ketones is 1. The van der Waals surface area contributed by atoms with Crippen LogP contribution in [0.5, 0.6) is 17.2 Å². The van der Waals surface area contributed by atoms with Gasteiger partial charge in [0.1, 0.15) is 42.5 Å². The van der Waals surface area contributed by atoms with E-state index in [4.69, 9.17) is 23.7 Å². The standard InChI is InChI=1S/C62H68N6O13S2/c1-38(41-11-13-42(14-12-41)56-39(2)63-37-82-56)65-60(75)51-32-48(71)35-68(51)61(76)58(62(3,4)5)66-53(72)36-80-28-27-78-24-23-77-25-26-79-29-30-81-49-20-9-40(10-21-49)34-64-67-59(74)45-8-6-7-44(31-45)55(73)54-50-22-19-47(70)33-52(50)83-57(54)43-15-17-46(69)18-16-43/h6-22,31,33-34,37-38,48,51,58,69-71H,23-30,32,35-36H2,1-5H3,(H,65,75)(H,66,72)(H,67,74)/b64-34+/t38-,48+,51-,58+/m0/s1. The molecule has 19 nitrogen and oxygen atoms in total. The van der Waals surface area contributed by atoms with Crippen molar-refractivity contribution in [1.82, 2.24) is 25.9 Å². The summed E-state index contributed by atoms with van der Waals surface area (Å²) in [5, 5.41) is 41.2. The van der Waals surface area contributed by atoms with Crippen LogP contribution in [0, 0.1) is 12.3 Å². The number of aliphatic hydroxyl groups excluding tert-OH is 1. The Kier molecular flexibility index (Phi) is 21.3. The number of β-amino-alcohol motifs (C(OH)–C–C–N with tert-alkyl or cyclic N) is 1. The number of phenolic OH excluding ortho intramolecular Hbond substituents is 2. The number of thiazole rings is 1. The normalized spacial score (nSPS) is 15.1. The molecule has 4 atom stereocenters. The molecule has 0 spiro atoms. The molecule has 1 fully saturated rings. The summed E-state index contributed by atoms with van der Waals surface area (Å²) in [4.78, 5) is 75.4. The molecule has 1 aliphatic heterocycles. The Hall–Kier alpha value is -7.89. The van der Waals surface area contributed by atoms with Crippen molar-refractivity contribution in [1.29, 1.82) is 0 Å². The lowest BCUT2D eigenvalue weighted by Crippen LogP contribution is -2.58. The lowest BCUT2D eigenvalue weighted by Gasteiger charge is -2.35. The van der Waals surface area contributed by atoms with E-state index in [9.17, 15) is 39.3 Å². The number of aromatic nitrogens is 1. The van der Waals surface area contributed by atoms with Gasteiger partial charge in [-0.3, -0.25) is 24.0 Å². The van der Waals surface area contributed by atoms with Gasteiger partial charge in [-0.2, -0.15) is 5.10 Å². The van der Waals surface area contributed by atoms with Crippen LogP contribution in [0.25, 0.3) is 31.0 Å². The highest BCUT2D eigenvalue weighted by atomic mass is 32.1. The van der Waals surface area contributed by atoms with Gasteiger partial charge >= 0.3 is 0 Å². The molecule has 0 bridgehead atoms. The van der Waals surface area contributed by atoms with Crippen LogP contribution in [0.2, 0.25) is 0 Å². The summed E-state index contributed by atoms with van der Waals surface area (Å²) in [6.45, 7) is 11.2. The molecule has 0 aliphatic carbocycles. The number of hydrogen-bond acceptors (Lipinski definition) is 17. The van der Waals surface area contributed by atoms with Crippen molar-refractivity contribution in [3.05, 3.63) is 154 Å². The zero-order valence-corrected chi connectivity index (χ0v) is 48.4. The van der Waals surface area contributed by atoms with Crippen molar-refractivity contribution in [3.8, 4) is 38.1 Å². The fraction of sp³-hybridized carbons (Fsp3) is 0.339. The molecule has 2 aromatic heterocycles. The Balaban J connectivity index is 0.665. The lowest BCUT2D eigenvalue weighted by atomic mass is 9.85. The Labute approximate surface area is 489 Å². The van der Waals surface area contributed by atoms with E-state index < -0.39 is 41.3 Å². The zero-order chi connectivity index (χ0) is 59.0. The van der Waals surface area contributed by atoms with Crippen LogP contribution in [0.3, 0.4) is 0 Å². The van der Waals surface area contributed by atoms with E-state index in [0.717, 1.165) is 32.0 Å². The molecule has 436 valence electrons. The number of nitrogens with zero attached hydrogens (tertiary/aromatic N) is 3. The number of amides is 4. The fourth-order valence-electron chi connectivity index (χ4n) is 9.21. The van der Waals surface area contributed by atoms with Gasteiger partial charge < -0.3 is 54.5 Å². The minimum atomic E-state index is -0.991. The molecule has 1 aliphatic rings. The number of hydrazone groups is 1. The third kappa shape index (κ3) is 16.7. The van der Waals surface area contributed by atoms with Crippen molar-refractivity contribution < 1.29 is 63.0 Å². The van der Waals surface area contributed by atoms with Gasteiger partial charge in [0.25, 0.3) is 5.91 Å². The largest absolute Gasteiger partial charge is 0.508 e. The number of aryl methyl sites for hydroxylation is 1. The van der Waals surface area contributed by atoms with Gasteiger partial charge in [0.2, 0.25) is 17.7 Å². The van der Waals surface area contributed by atoms with Gasteiger partial charge in [0, 0.05) is 44.6 Å². The van der Waals surface area contributed by atoms with Crippen LogP contribution in [0.1, 0.15) is 83.3 Å². The SMILES string of the molecule is Cc1ncsc1-c1ccc([C@H](C)NC(=O)[C@@H]2C[C@@H](O)CN2C(=O)[C@@H](NC(=O)COCCOCCOCCOCCOc2ccc(/C=N/NC(=O)c3cccc(C(=O)c4c(-c5ccc(O)cc5)sc5cc(O)ccc45)c3)cc2)C(C)(C)C)cc1. The fourth-order valence-corrected chi connectivity index (χ4v) is 11.3. The summed E-state index contributed by atoms with van der Waals surface area (Å²) in [6.07, 6.45) is 0.670. The molecule has 7 aromatic rings. The number of nitrogens with one attached hydrogen (secondary N) is 3. The number of fused-ring (bicyclic) bond motifs is 1. The minimum Gasteiger partial charge on any atom is -0.508 e. The summed E-state index contributed by atoms with van der Waals surface area (Å²) >= 11 is 2.92. The number of rotatable bonds is 27. The molecular weight excluding hydrogens is 1100 g/mol. The maximum Gasteiger partial charge on any atom is 0.271 e. The summed E-state index contributed by atoms with van der Waals surface area (Å²) in [6, 6.07) is 30.5. The van der Waals surface area contributed by atoms with E-state index in [1.165, 1.54) is 34.6 Å². The predicted molar refractivity (Wildman–Crippen MR) is 317 cm³/mol. The highest BCUT2D eigenvalue weighted by Gasteiger charge is 2.45. The second-order valence-electron chi connectivity index (χ2n) is 20.8. The maximum atomic E-state index is 14.1. The third-order valence-corrected chi connectivity index (χ3v) is 15.8. The highest BCUT2D eigenvalue weighted by Crippen LogP contribution is 2.42. The first-order valence-electron chi connectivity index (χ1n) is 27.1. The predicted octanol–water partition coefficient (Wildman–Crippen LogP) is 8.22. The smallest absolute Gasteiger partial charge is 0.271 e. The van der Waals surface area contributed by atoms with Crippen molar-refractivity contribution in [2.75, 3.05) is 66.0 Å². The van der Waals surface area contributed by atoms with E-state index in [2.05, 4.69) is 26.1 Å². The van der Waals surface area contributed by atoms with Gasteiger partial charge in [-0.15, -0.1) is 22.7 Å². The number of hydrogen-bond donors (Lipinski definition) is 6. The highest BCUT2D eigenvalue weighted by molar-refractivity contribution is 7.22. The number of carbonyl (C=O) groups is 5. The number of benzene rings is 5. The average molecular weight is 1170 g/mol. The lowest BCUT2D eigenvalue weighted by molar-refractivity contribution is -0.144. The van der Waals surface area contributed by atoms with Crippen LogP contribution >= 0.6 is 22.7 Å². The number of aliphatic hydroxyl groups is 1. The molecule has 0 saturated carbocycles. The number of phenols is 2. The molecule has 1 saturated heterocycles. The van der Waals surface area contributed by atoms with Gasteiger partial charge in [-0.05, 0) is 120 Å². The Bertz CT molecular complexity index is 3380. The molecule has 83 heavy (non-hydrogen) atoms. The first kappa shape index (κ1) is 61.2. The number of ether oxygens (including phenoxy) is 5. The second kappa shape index (κ2) is 28.9. The summed E-state index contributed by atoms with van der Waals surface area (Å²) in [5.74, 6) is -1.38. The van der Waals surface area contributed by atoms with E-state index in [1.807, 2.05) is 64.4 Å². The van der Waals surface area contributed by atoms with E-state index in [1.54, 1.807) is 90.2 Å². The van der Waals surface area contributed by atoms with E-state index in [-0.39, 0.29) is 67.6 Å². The van der Waals surface area contributed by atoms with E-state index >= 15 is 0 Å². The van der Waals surface area contributed by atoms with Crippen LogP contribution in [-0.2, 0) is 33.3 Å². The summed E-state index contributed by atoms with van der Waals surface area (Å²) < 4.78 is 28.8. The van der Waals surface area contributed by atoms with Crippen LogP contribution in [0.4, 0.5) is 0 Å². The molecule has 21 heteroatoms. The van der Waals surface area contributed by atoms with Crippen molar-refractivity contribution in [3.63, 3.8) is 0 Å². The third-order valence-electron chi connectivity index (χ3n) is 13.6. The van der Waals surface area contributed by atoms with Crippen molar-refractivity contribution >= 4 is 68.4 Å². The van der Waals surface area contributed by atoms with Crippen LogP contribution < -0.4 is 20.8 Å². The zero-order valence-electron chi connectivity index (χ0n) is 46.8. The molecule has 0 radical (unpaired) electrons. The van der Waals surface area contributed by atoms with Gasteiger partial charge in [0.05, 0.1) is 80.7 Å².